The van der Waals surface area contributed by atoms with Crippen LogP contribution in [0.3, 0.4) is 0 Å². The maximum absolute atomic E-state index is 10.5. The molecule has 1 heterocycles. The minimum Gasteiger partial charge on any atom is -0.385 e. The van der Waals surface area contributed by atoms with E-state index in [1.807, 2.05) is 25.1 Å². The van der Waals surface area contributed by atoms with Crippen molar-refractivity contribution in [1.29, 1.82) is 0 Å². The summed E-state index contributed by atoms with van der Waals surface area (Å²) in [5, 5.41) is 14.5. The van der Waals surface area contributed by atoms with E-state index in [-0.39, 0.29) is 0 Å². The topological polar surface area (TPSA) is 32.3 Å². The highest BCUT2D eigenvalue weighted by molar-refractivity contribution is 6.31. The van der Waals surface area contributed by atoms with Gasteiger partial charge in [-0.1, -0.05) is 23.7 Å². The van der Waals surface area contributed by atoms with Crippen molar-refractivity contribution in [3.8, 4) is 0 Å². The fraction of sp³-hybridized carbons (Fsp3) is 0.500. The Morgan fingerprint density at radius 3 is 2.60 bits per heavy atom. The van der Waals surface area contributed by atoms with Crippen molar-refractivity contribution in [2.24, 2.45) is 0 Å². The summed E-state index contributed by atoms with van der Waals surface area (Å²) in [4.78, 5) is 0. The molecule has 0 aliphatic carbocycles. The van der Waals surface area contributed by atoms with Crippen LogP contribution in [0.4, 0.5) is 0 Å². The monoisotopic (exact) mass is 225 g/mol. The minimum absolute atomic E-state index is 0.666. The van der Waals surface area contributed by atoms with E-state index in [0.29, 0.717) is 0 Å². The van der Waals surface area contributed by atoms with E-state index in [2.05, 4.69) is 5.32 Å². The van der Waals surface area contributed by atoms with Crippen molar-refractivity contribution in [2.75, 3.05) is 13.1 Å². The number of aryl methyl sites for hydroxylation is 1. The predicted octanol–water partition coefficient (Wildman–Crippen LogP) is 2.22. The molecule has 0 aromatic heterocycles. The fourth-order valence-corrected chi connectivity index (χ4v) is 2.18. The molecule has 1 fully saturated rings. The molecular weight excluding hydrogens is 210 g/mol. The highest BCUT2D eigenvalue weighted by atomic mass is 35.5. The predicted molar refractivity (Wildman–Crippen MR) is 62.2 cm³/mol. The first kappa shape index (κ1) is 10.9. The van der Waals surface area contributed by atoms with Crippen LogP contribution in [0.2, 0.25) is 5.02 Å². The average Bonchev–Trinajstić information content (AvgIpc) is 2.23. The summed E-state index contributed by atoms with van der Waals surface area (Å²) >= 11 is 5.97. The minimum atomic E-state index is -0.666. The maximum Gasteiger partial charge on any atom is 0.0920 e. The normalized spacial score (nSPS) is 20.2. The number of hydrogen-bond acceptors (Lipinski definition) is 2. The van der Waals surface area contributed by atoms with Gasteiger partial charge in [-0.25, -0.2) is 0 Å². The van der Waals surface area contributed by atoms with Gasteiger partial charge in [-0.3, -0.25) is 0 Å². The van der Waals surface area contributed by atoms with Crippen LogP contribution in [-0.2, 0) is 5.60 Å². The van der Waals surface area contributed by atoms with E-state index in [1.165, 1.54) is 0 Å². The van der Waals surface area contributed by atoms with Gasteiger partial charge in [-0.15, -0.1) is 0 Å². The number of hydrogen-bond donors (Lipinski definition) is 2. The van der Waals surface area contributed by atoms with Crippen molar-refractivity contribution in [1.82, 2.24) is 5.32 Å². The molecule has 0 saturated carbocycles. The van der Waals surface area contributed by atoms with E-state index in [9.17, 15) is 5.11 Å². The molecule has 3 heteroatoms. The van der Waals surface area contributed by atoms with Crippen molar-refractivity contribution in [2.45, 2.75) is 25.4 Å². The number of aliphatic hydroxyl groups is 1. The Kier molecular flexibility index (Phi) is 3.01. The molecule has 2 nitrogen and oxygen atoms in total. The zero-order valence-electron chi connectivity index (χ0n) is 8.89. The van der Waals surface area contributed by atoms with Crippen LogP contribution in [-0.4, -0.2) is 18.2 Å². The summed E-state index contributed by atoms with van der Waals surface area (Å²) in [6, 6.07) is 5.79. The van der Waals surface area contributed by atoms with Crippen LogP contribution in [0.5, 0.6) is 0 Å². The summed E-state index contributed by atoms with van der Waals surface area (Å²) in [6.45, 7) is 3.71. The Morgan fingerprint density at radius 2 is 2.00 bits per heavy atom. The number of halogens is 1. The van der Waals surface area contributed by atoms with Crippen LogP contribution < -0.4 is 5.32 Å². The lowest BCUT2D eigenvalue weighted by Gasteiger charge is -2.33. The molecule has 82 valence electrons. The van der Waals surface area contributed by atoms with E-state index in [0.717, 1.165) is 42.1 Å². The highest BCUT2D eigenvalue weighted by Crippen LogP contribution is 2.32. The van der Waals surface area contributed by atoms with Gasteiger partial charge < -0.3 is 10.4 Å². The van der Waals surface area contributed by atoms with Gasteiger partial charge in [0.25, 0.3) is 0 Å². The van der Waals surface area contributed by atoms with E-state index in [1.54, 1.807) is 0 Å². The second-order valence-electron chi connectivity index (χ2n) is 4.25. The van der Waals surface area contributed by atoms with Crippen LogP contribution in [0.25, 0.3) is 0 Å². The Hall–Kier alpha value is -0.570. The molecule has 2 rings (SSSR count). The van der Waals surface area contributed by atoms with Crippen molar-refractivity contribution < 1.29 is 5.11 Å². The molecule has 2 N–H and O–H groups in total. The lowest BCUT2D eigenvalue weighted by atomic mass is 9.84. The molecule has 1 aromatic rings. The first-order chi connectivity index (χ1) is 7.12. The molecule has 0 amide bonds. The Bertz CT molecular complexity index is 359. The van der Waals surface area contributed by atoms with Gasteiger partial charge in [0.1, 0.15) is 0 Å². The smallest absolute Gasteiger partial charge is 0.0920 e. The van der Waals surface area contributed by atoms with Crippen molar-refractivity contribution >= 4 is 11.6 Å². The zero-order valence-corrected chi connectivity index (χ0v) is 9.64. The number of piperidine rings is 1. The van der Waals surface area contributed by atoms with Crippen LogP contribution in [0.1, 0.15) is 24.0 Å². The van der Waals surface area contributed by atoms with Crippen LogP contribution >= 0.6 is 11.6 Å². The summed E-state index contributed by atoms with van der Waals surface area (Å²) in [5.41, 5.74) is 1.35. The van der Waals surface area contributed by atoms with Crippen LogP contribution in [0.15, 0.2) is 18.2 Å². The Labute approximate surface area is 95.3 Å². The van der Waals surface area contributed by atoms with Crippen LogP contribution in [0, 0.1) is 6.92 Å². The molecular formula is C12H16ClNO. The van der Waals surface area contributed by atoms with Crippen molar-refractivity contribution in [3.05, 3.63) is 34.3 Å². The van der Waals surface area contributed by atoms with E-state index < -0.39 is 5.60 Å². The second-order valence-corrected chi connectivity index (χ2v) is 4.65. The second kappa shape index (κ2) is 4.12. The van der Waals surface area contributed by atoms with Gasteiger partial charge in [-0.2, -0.15) is 0 Å². The highest BCUT2D eigenvalue weighted by Gasteiger charge is 2.31. The van der Waals surface area contributed by atoms with Crippen molar-refractivity contribution in [3.63, 3.8) is 0 Å². The molecule has 0 spiro atoms. The molecule has 0 unspecified atom stereocenters. The third-order valence-corrected chi connectivity index (χ3v) is 3.55. The largest absolute Gasteiger partial charge is 0.385 e. The van der Waals surface area contributed by atoms with E-state index in [4.69, 9.17) is 11.6 Å². The van der Waals surface area contributed by atoms with Gasteiger partial charge in [0.2, 0.25) is 0 Å². The molecule has 0 atom stereocenters. The summed E-state index contributed by atoms with van der Waals surface area (Å²) in [5.74, 6) is 0. The van der Waals surface area contributed by atoms with Gasteiger partial charge in [0.05, 0.1) is 5.60 Å². The molecule has 0 bridgehead atoms. The molecule has 15 heavy (non-hydrogen) atoms. The number of rotatable bonds is 1. The lowest BCUT2D eigenvalue weighted by molar-refractivity contribution is 0.00589. The number of nitrogens with one attached hydrogen (secondary N) is 1. The lowest BCUT2D eigenvalue weighted by Crippen LogP contribution is -2.39. The average molecular weight is 226 g/mol. The third kappa shape index (κ3) is 2.17. The number of benzene rings is 1. The molecule has 1 aromatic carbocycles. The first-order valence-electron chi connectivity index (χ1n) is 5.31. The van der Waals surface area contributed by atoms with Gasteiger partial charge in [0.15, 0.2) is 0 Å². The molecule has 1 aliphatic heterocycles. The quantitative estimate of drug-likeness (QED) is 0.768. The summed E-state index contributed by atoms with van der Waals surface area (Å²) < 4.78 is 0. The summed E-state index contributed by atoms with van der Waals surface area (Å²) in [7, 11) is 0. The summed E-state index contributed by atoms with van der Waals surface area (Å²) in [6.07, 6.45) is 1.54. The standard InChI is InChI=1S/C12H16ClNO/c1-9-8-10(2-3-11(9)13)12(15)4-6-14-7-5-12/h2-3,8,14-15H,4-7H2,1H3. The van der Waals surface area contributed by atoms with Gasteiger partial charge in [-0.05, 0) is 50.0 Å². The fourth-order valence-electron chi connectivity index (χ4n) is 2.06. The zero-order chi connectivity index (χ0) is 10.9. The molecule has 1 aliphatic rings. The third-order valence-electron chi connectivity index (χ3n) is 3.13. The van der Waals surface area contributed by atoms with E-state index >= 15 is 0 Å². The Morgan fingerprint density at radius 1 is 1.33 bits per heavy atom. The maximum atomic E-state index is 10.5. The van der Waals surface area contributed by atoms with Gasteiger partial charge >= 0.3 is 0 Å². The molecule has 1 saturated heterocycles. The first-order valence-corrected chi connectivity index (χ1v) is 5.69. The molecule has 0 radical (unpaired) electrons. The van der Waals surface area contributed by atoms with Gasteiger partial charge in [0, 0.05) is 5.02 Å². The Balaban J connectivity index is 2.31. The SMILES string of the molecule is Cc1cc(C2(O)CCNCC2)ccc1Cl.